The fraction of sp³-hybridized carbons (Fsp3) is 0. The zero-order chi connectivity index (χ0) is 21.4. The summed E-state index contributed by atoms with van der Waals surface area (Å²) in [6.07, 6.45) is 3.31. The van der Waals surface area contributed by atoms with E-state index >= 15 is 0 Å². The third kappa shape index (κ3) is 3.40. The van der Waals surface area contributed by atoms with Gasteiger partial charge in [0.05, 0.1) is 22.3 Å². The van der Waals surface area contributed by atoms with Crippen molar-refractivity contribution in [1.82, 2.24) is 15.0 Å². The van der Waals surface area contributed by atoms with Crippen molar-refractivity contribution in [3.05, 3.63) is 84.4 Å². The third-order valence-corrected chi connectivity index (χ3v) is 4.86. The number of rotatable bonds is 3. The Morgan fingerprint density at radius 2 is 1.90 bits per heavy atom. The van der Waals surface area contributed by atoms with E-state index in [0.717, 1.165) is 5.56 Å². The highest BCUT2D eigenvalue weighted by Gasteiger charge is 2.16. The summed E-state index contributed by atoms with van der Waals surface area (Å²) in [5.41, 5.74) is 2.73. The van der Waals surface area contributed by atoms with E-state index in [1.807, 2.05) is 12.1 Å². The van der Waals surface area contributed by atoms with Crippen LogP contribution in [0.5, 0.6) is 5.88 Å². The van der Waals surface area contributed by atoms with Gasteiger partial charge in [0.1, 0.15) is 5.82 Å². The van der Waals surface area contributed by atoms with Gasteiger partial charge in [-0.3, -0.25) is 9.78 Å². The normalized spacial score (nSPS) is 11.5. The summed E-state index contributed by atoms with van der Waals surface area (Å²) in [5, 5.41) is 18.8. The standard InChI is InChI=1S/C23H14FN5O2/c24-14-7-8-19-17(10-14)21(23(31)27-19)28-29-22(30)16-11-20(13-4-3-9-25-12-13)26-18-6-2-1-5-15(16)18/h1-12,27,31H. The predicted octanol–water partition coefficient (Wildman–Crippen LogP) is 5.55. The second-order valence-electron chi connectivity index (χ2n) is 6.83. The van der Waals surface area contributed by atoms with Crippen molar-refractivity contribution in [2.45, 2.75) is 0 Å². The van der Waals surface area contributed by atoms with Crippen LogP contribution < -0.4 is 0 Å². The van der Waals surface area contributed by atoms with Gasteiger partial charge in [-0.2, -0.15) is 0 Å². The average Bonchev–Trinajstić information content (AvgIpc) is 3.11. The van der Waals surface area contributed by atoms with E-state index < -0.39 is 11.7 Å². The second-order valence-corrected chi connectivity index (χ2v) is 6.83. The number of H-pyrrole nitrogens is 1. The van der Waals surface area contributed by atoms with Gasteiger partial charge in [0, 0.05) is 28.7 Å². The number of benzene rings is 2. The first-order chi connectivity index (χ1) is 15.1. The molecule has 7 nitrogen and oxygen atoms in total. The first-order valence-electron chi connectivity index (χ1n) is 9.36. The van der Waals surface area contributed by atoms with Gasteiger partial charge in [-0.15, -0.1) is 10.2 Å². The van der Waals surface area contributed by atoms with Gasteiger partial charge >= 0.3 is 0 Å². The largest absolute Gasteiger partial charge is 0.493 e. The lowest BCUT2D eigenvalue weighted by molar-refractivity contribution is 0.0996. The Morgan fingerprint density at radius 3 is 2.74 bits per heavy atom. The molecular formula is C23H14FN5O2. The number of aromatic nitrogens is 3. The van der Waals surface area contributed by atoms with Crippen LogP contribution in [0.2, 0.25) is 0 Å². The number of carbonyl (C=O) groups excluding carboxylic acids is 1. The van der Waals surface area contributed by atoms with Crippen molar-refractivity contribution >= 4 is 33.4 Å². The number of nitrogens with zero attached hydrogens (tertiary/aromatic N) is 4. The molecule has 8 heteroatoms. The highest BCUT2D eigenvalue weighted by atomic mass is 19.1. The maximum Gasteiger partial charge on any atom is 0.296 e. The Morgan fingerprint density at radius 1 is 1.03 bits per heavy atom. The molecule has 0 aliphatic carbocycles. The molecule has 0 atom stereocenters. The van der Waals surface area contributed by atoms with Gasteiger partial charge in [0.2, 0.25) is 5.88 Å². The third-order valence-electron chi connectivity index (χ3n) is 4.86. The number of hydrogen-bond acceptors (Lipinski definition) is 5. The molecule has 5 aromatic rings. The lowest BCUT2D eigenvalue weighted by Crippen LogP contribution is -1.99. The lowest BCUT2D eigenvalue weighted by atomic mass is 10.0. The maximum absolute atomic E-state index is 13.6. The van der Waals surface area contributed by atoms with Gasteiger partial charge in [-0.1, -0.05) is 18.2 Å². The highest BCUT2D eigenvalue weighted by molar-refractivity contribution is 6.07. The second kappa shape index (κ2) is 7.42. The molecule has 150 valence electrons. The molecule has 0 unspecified atom stereocenters. The molecule has 2 N–H and O–H groups in total. The number of amides is 1. The monoisotopic (exact) mass is 411 g/mol. The fourth-order valence-corrected chi connectivity index (χ4v) is 3.40. The van der Waals surface area contributed by atoms with Gasteiger partial charge in [0.25, 0.3) is 5.91 Å². The zero-order valence-electron chi connectivity index (χ0n) is 16.0. The minimum atomic E-state index is -0.617. The van der Waals surface area contributed by atoms with E-state index in [1.165, 1.54) is 18.2 Å². The van der Waals surface area contributed by atoms with E-state index in [4.69, 9.17) is 0 Å². The van der Waals surface area contributed by atoms with Crippen molar-refractivity contribution in [3.63, 3.8) is 0 Å². The molecule has 2 aromatic carbocycles. The molecular weight excluding hydrogens is 397 g/mol. The van der Waals surface area contributed by atoms with Gasteiger partial charge in [-0.25, -0.2) is 9.37 Å². The number of aromatic hydroxyl groups is 1. The minimum Gasteiger partial charge on any atom is -0.493 e. The van der Waals surface area contributed by atoms with Crippen LogP contribution in [-0.4, -0.2) is 26.0 Å². The quantitative estimate of drug-likeness (QED) is 0.380. The molecule has 31 heavy (non-hydrogen) atoms. The smallest absolute Gasteiger partial charge is 0.296 e. The number of hydrogen-bond donors (Lipinski definition) is 2. The summed E-state index contributed by atoms with van der Waals surface area (Å²) in [6.45, 7) is 0. The summed E-state index contributed by atoms with van der Waals surface area (Å²) in [7, 11) is 0. The maximum atomic E-state index is 13.6. The fourth-order valence-electron chi connectivity index (χ4n) is 3.40. The van der Waals surface area contributed by atoms with Crippen LogP contribution in [0.15, 0.2) is 83.3 Å². The summed E-state index contributed by atoms with van der Waals surface area (Å²) in [4.78, 5) is 24.4. The molecule has 0 aliphatic rings. The predicted molar refractivity (Wildman–Crippen MR) is 114 cm³/mol. The molecule has 3 aromatic heterocycles. The van der Waals surface area contributed by atoms with E-state index in [2.05, 4.69) is 25.2 Å². The van der Waals surface area contributed by atoms with Crippen molar-refractivity contribution in [1.29, 1.82) is 0 Å². The molecule has 0 radical (unpaired) electrons. The van der Waals surface area contributed by atoms with E-state index in [0.29, 0.717) is 33.1 Å². The zero-order valence-corrected chi connectivity index (χ0v) is 16.0. The Kier molecular flexibility index (Phi) is 4.44. The molecule has 0 saturated heterocycles. The van der Waals surface area contributed by atoms with Crippen molar-refractivity contribution in [2.75, 3.05) is 0 Å². The SMILES string of the molecule is O=C(N=Nc1c(O)[nH]c2ccc(F)cc12)c1cc(-c2cccnc2)nc2ccccc12. The average molecular weight is 411 g/mol. The molecule has 3 heterocycles. The highest BCUT2D eigenvalue weighted by Crippen LogP contribution is 2.36. The van der Waals surface area contributed by atoms with Crippen LogP contribution in [0.4, 0.5) is 10.1 Å². The Hall–Kier alpha value is -4.46. The first-order valence-corrected chi connectivity index (χ1v) is 9.36. The number of azo groups is 1. The number of carbonyl (C=O) groups is 1. The van der Waals surface area contributed by atoms with Crippen LogP contribution in [0.1, 0.15) is 10.4 Å². The number of aromatic amines is 1. The number of para-hydroxylation sites is 1. The van der Waals surface area contributed by atoms with E-state index in [9.17, 15) is 14.3 Å². The molecule has 0 spiro atoms. The number of pyridine rings is 2. The van der Waals surface area contributed by atoms with Gasteiger partial charge < -0.3 is 10.1 Å². The Labute approximate surface area is 174 Å². The summed E-state index contributed by atoms with van der Waals surface area (Å²) in [5.74, 6) is -1.41. The van der Waals surface area contributed by atoms with Gasteiger partial charge in [0.15, 0.2) is 5.69 Å². The lowest BCUT2D eigenvalue weighted by Gasteiger charge is -2.07. The van der Waals surface area contributed by atoms with Gasteiger partial charge in [-0.05, 0) is 42.5 Å². The van der Waals surface area contributed by atoms with Crippen LogP contribution in [0, 0.1) is 5.82 Å². The van der Waals surface area contributed by atoms with Crippen molar-refractivity contribution in [2.24, 2.45) is 10.2 Å². The first kappa shape index (κ1) is 18.6. The van der Waals surface area contributed by atoms with Crippen LogP contribution in [-0.2, 0) is 0 Å². The number of fused-ring (bicyclic) bond motifs is 2. The van der Waals surface area contributed by atoms with Crippen LogP contribution in [0.3, 0.4) is 0 Å². The molecule has 0 aliphatic heterocycles. The van der Waals surface area contributed by atoms with Crippen molar-refractivity contribution < 1.29 is 14.3 Å². The van der Waals surface area contributed by atoms with Crippen LogP contribution in [0.25, 0.3) is 33.1 Å². The summed E-state index contributed by atoms with van der Waals surface area (Å²) < 4.78 is 13.6. The summed E-state index contributed by atoms with van der Waals surface area (Å²) >= 11 is 0. The molecule has 0 saturated carbocycles. The van der Waals surface area contributed by atoms with E-state index in [-0.39, 0.29) is 11.6 Å². The molecule has 0 fully saturated rings. The van der Waals surface area contributed by atoms with Crippen LogP contribution >= 0.6 is 0 Å². The van der Waals surface area contributed by atoms with E-state index in [1.54, 1.807) is 42.7 Å². The molecule has 1 amide bonds. The topological polar surface area (TPSA) is 104 Å². The number of halogens is 1. The summed E-state index contributed by atoms with van der Waals surface area (Å²) in [6, 6.07) is 16.4. The molecule has 0 bridgehead atoms. The Bertz CT molecular complexity index is 1480. The molecule has 5 rings (SSSR count). The Balaban J connectivity index is 1.60. The minimum absolute atomic E-state index is 0.00584. The number of nitrogens with one attached hydrogen (secondary N) is 1. The van der Waals surface area contributed by atoms with Crippen molar-refractivity contribution in [3.8, 4) is 17.1 Å².